The van der Waals surface area contributed by atoms with Crippen molar-refractivity contribution in [3.63, 3.8) is 0 Å². The molecule has 0 spiro atoms. The fraction of sp³-hybridized carbons (Fsp3) is 0.0714. The van der Waals surface area contributed by atoms with Crippen molar-refractivity contribution in [2.75, 3.05) is 5.73 Å². The van der Waals surface area contributed by atoms with E-state index in [4.69, 9.17) is 5.73 Å². The maximum absolute atomic E-state index is 13.2. The SMILES string of the molecule is Cn1c(-c2cccc(N)c2)nc2cc(F)ccc21. The number of nitrogens with two attached hydrogens (primary N) is 1. The van der Waals surface area contributed by atoms with Gasteiger partial charge in [-0.15, -0.1) is 0 Å². The first-order valence-corrected chi connectivity index (χ1v) is 5.63. The van der Waals surface area contributed by atoms with E-state index >= 15 is 0 Å². The van der Waals surface area contributed by atoms with Crippen LogP contribution in [0.3, 0.4) is 0 Å². The van der Waals surface area contributed by atoms with Gasteiger partial charge in [-0.1, -0.05) is 12.1 Å². The average molecular weight is 241 g/mol. The number of imidazole rings is 1. The molecule has 0 saturated heterocycles. The zero-order valence-electron chi connectivity index (χ0n) is 9.89. The molecule has 0 fully saturated rings. The van der Waals surface area contributed by atoms with E-state index in [0.717, 1.165) is 16.9 Å². The standard InChI is InChI=1S/C14H12FN3/c1-18-13-6-5-10(15)8-12(13)17-14(18)9-3-2-4-11(16)7-9/h2-8H,16H2,1H3. The molecule has 0 saturated carbocycles. The summed E-state index contributed by atoms with van der Waals surface area (Å²) in [5, 5.41) is 0. The van der Waals surface area contributed by atoms with Crippen LogP contribution in [0.25, 0.3) is 22.4 Å². The second-order valence-electron chi connectivity index (χ2n) is 4.25. The number of halogens is 1. The number of aryl methyl sites for hydroxylation is 1. The summed E-state index contributed by atoms with van der Waals surface area (Å²) < 4.78 is 15.1. The van der Waals surface area contributed by atoms with Gasteiger partial charge < -0.3 is 10.3 Å². The fourth-order valence-corrected chi connectivity index (χ4v) is 2.11. The van der Waals surface area contributed by atoms with E-state index in [9.17, 15) is 4.39 Å². The Hall–Kier alpha value is -2.36. The molecule has 0 amide bonds. The summed E-state index contributed by atoms with van der Waals surface area (Å²) in [5.74, 6) is 0.502. The molecule has 0 atom stereocenters. The van der Waals surface area contributed by atoms with E-state index in [1.807, 2.05) is 35.9 Å². The van der Waals surface area contributed by atoms with Crippen molar-refractivity contribution < 1.29 is 4.39 Å². The minimum Gasteiger partial charge on any atom is -0.399 e. The lowest BCUT2D eigenvalue weighted by Gasteiger charge is -2.03. The van der Waals surface area contributed by atoms with Gasteiger partial charge in [0.2, 0.25) is 0 Å². The highest BCUT2D eigenvalue weighted by Crippen LogP contribution is 2.25. The maximum atomic E-state index is 13.2. The first-order valence-electron chi connectivity index (χ1n) is 5.63. The number of nitrogens with zero attached hydrogens (tertiary/aromatic N) is 2. The number of nitrogen functional groups attached to an aromatic ring is 1. The second-order valence-corrected chi connectivity index (χ2v) is 4.25. The van der Waals surface area contributed by atoms with Crippen molar-refractivity contribution in [2.24, 2.45) is 7.05 Å². The van der Waals surface area contributed by atoms with E-state index < -0.39 is 0 Å². The average Bonchev–Trinajstić information content (AvgIpc) is 2.66. The van der Waals surface area contributed by atoms with E-state index in [1.54, 1.807) is 6.07 Å². The quantitative estimate of drug-likeness (QED) is 0.666. The first-order chi connectivity index (χ1) is 8.65. The number of hydrogen-bond acceptors (Lipinski definition) is 2. The fourth-order valence-electron chi connectivity index (χ4n) is 2.11. The molecule has 0 radical (unpaired) electrons. The molecule has 1 aromatic heterocycles. The third-order valence-electron chi connectivity index (χ3n) is 2.99. The van der Waals surface area contributed by atoms with Crippen molar-refractivity contribution in [1.29, 1.82) is 0 Å². The van der Waals surface area contributed by atoms with Crippen molar-refractivity contribution in [3.05, 3.63) is 48.3 Å². The lowest BCUT2D eigenvalue weighted by atomic mass is 10.2. The Kier molecular flexibility index (Phi) is 2.30. The van der Waals surface area contributed by atoms with E-state index in [0.29, 0.717) is 11.2 Å². The number of anilines is 1. The summed E-state index contributed by atoms with van der Waals surface area (Å²) >= 11 is 0. The van der Waals surface area contributed by atoms with Crippen molar-refractivity contribution in [3.8, 4) is 11.4 Å². The van der Waals surface area contributed by atoms with Crippen LogP contribution in [0, 0.1) is 5.82 Å². The van der Waals surface area contributed by atoms with Crippen LogP contribution >= 0.6 is 0 Å². The van der Waals surface area contributed by atoms with Crippen LogP contribution in [0.2, 0.25) is 0 Å². The molecule has 0 unspecified atom stereocenters. The Morgan fingerprint density at radius 1 is 1.17 bits per heavy atom. The van der Waals surface area contributed by atoms with Gasteiger partial charge in [0.1, 0.15) is 11.6 Å². The van der Waals surface area contributed by atoms with Gasteiger partial charge in [0.05, 0.1) is 11.0 Å². The molecule has 0 aliphatic heterocycles. The van der Waals surface area contributed by atoms with Crippen LogP contribution in [0.4, 0.5) is 10.1 Å². The van der Waals surface area contributed by atoms with Crippen LogP contribution in [0.1, 0.15) is 0 Å². The molecule has 0 aliphatic rings. The Bertz CT molecular complexity index is 731. The van der Waals surface area contributed by atoms with Crippen LogP contribution in [-0.4, -0.2) is 9.55 Å². The predicted molar refractivity (Wildman–Crippen MR) is 70.5 cm³/mol. The van der Waals surface area contributed by atoms with Crippen molar-refractivity contribution >= 4 is 16.7 Å². The lowest BCUT2D eigenvalue weighted by molar-refractivity contribution is 0.629. The molecule has 2 aromatic carbocycles. The Labute approximate surface area is 104 Å². The maximum Gasteiger partial charge on any atom is 0.140 e. The number of benzene rings is 2. The number of hydrogen-bond donors (Lipinski definition) is 1. The Morgan fingerprint density at radius 2 is 2.00 bits per heavy atom. The van der Waals surface area contributed by atoms with Gasteiger partial charge in [-0.25, -0.2) is 9.37 Å². The summed E-state index contributed by atoms with van der Waals surface area (Å²) in [6.45, 7) is 0. The molecule has 0 bridgehead atoms. The van der Waals surface area contributed by atoms with Crippen LogP contribution in [0.5, 0.6) is 0 Å². The van der Waals surface area contributed by atoms with Crippen LogP contribution < -0.4 is 5.73 Å². The highest BCUT2D eigenvalue weighted by Gasteiger charge is 2.10. The van der Waals surface area contributed by atoms with Gasteiger partial charge in [-0.3, -0.25) is 0 Å². The first kappa shape index (κ1) is 10.8. The molecular formula is C14H12FN3. The van der Waals surface area contributed by atoms with Gasteiger partial charge in [-0.2, -0.15) is 0 Å². The molecule has 3 rings (SSSR count). The zero-order chi connectivity index (χ0) is 12.7. The highest BCUT2D eigenvalue weighted by atomic mass is 19.1. The predicted octanol–water partition coefficient (Wildman–Crippen LogP) is 2.96. The van der Waals surface area contributed by atoms with Crippen molar-refractivity contribution in [2.45, 2.75) is 0 Å². The Morgan fingerprint density at radius 3 is 2.78 bits per heavy atom. The summed E-state index contributed by atoms with van der Waals surface area (Å²) in [5.41, 5.74) is 8.92. The summed E-state index contributed by atoms with van der Waals surface area (Å²) in [6, 6.07) is 12.1. The highest BCUT2D eigenvalue weighted by molar-refractivity contribution is 5.81. The number of fused-ring (bicyclic) bond motifs is 1. The molecule has 0 aliphatic carbocycles. The second kappa shape index (κ2) is 3.84. The normalized spacial score (nSPS) is 11.0. The molecule has 3 nitrogen and oxygen atoms in total. The third kappa shape index (κ3) is 1.62. The number of rotatable bonds is 1. The molecule has 2 N–H and O–H groups in total. The van der Waals surface area contributed by atoms with Crippen LogP contribution in [-0.2, 0) is 7.05 Å². The topological polar surface area (TPSA) is 43.8 Å². The zero-order valence-corrected chi connectivity index (χ0v) is 9.89. The van der Waals surface area contributed by atoms with Gasteiger partial charge in [0.15, 0.2) is 0 Å². The molecule has 1 heterocycles. The molecule has 90 valence electrons. The molecular weight excluding hydrogens is 229 g/mol. The van der Waals surface area contributed by atoms with Gasteiger partial charge in [0, 0.05) is 24.4 Å². The summed E-state index contributed by atoms with van der Waals surface area (Å²) in [6.07, 6.45) is 0. The Balaban J connectivity index is 2.27. The minimum atomic E-state index is -0.278. The van der Waals surface area contributed by atoms with Gasteiger partial charge in [0.25, 0.3) is 0 Å². The molecule has 18 heavy (non-hydrogen) atoms. The minimum absolute atomic E-state index is 0.278. The third-order valence-corrected chi connectivity index (χ3v) is 2.99. The van der Waals surface area contributed by atoms with Gasteiger partial charge >= 0.3 is 0 Å². The van der Waals surface area contributed by atoms with Crippen LogP contribution in [0.15, 0.2) is 42.5 Å². The number of aromatic nitrogens is 2. The largest absolute Gasteiger partial charge is 0.399 e. The lowest BCUT2D eigenvalue weighted by Crippen LogP contribution is -1.93. The van der Waals surface area contributed by atoms with E-state index in [-0.39, 0.29) is 5.82 Å². The summed E-state index contributed by atoms with van der Waals surface area (Å²) in [4.78, 5) is 4.45. The molecule has 4 heteroatoms. The van der Waals surface area contributed by atoms with E-state index in [1.165, 1.54) is 12.1 Å². The van der Waals surface area contributed by atoms with Crippen molar-refractivity contribution in [1.82, 2.24) is 9.55 Å². The van der Waals surface area contributed by atoms with Gasteiger partial charge in [-0.05, 0) is 24.3 Å². The summed E-state index contributed by atoms with van der Waals surface area (Å²) in [7, 11) is 1.91. The monoisotopic (exact) mass is 241 g/mol. The molecule has 3 aromatic rings. The smallest absolute Gasteiger partial charge is 0.140 e. The van der Waals surface area contributed by atoms with E-state index in [2.05, 4.69) is 4.98 Å².